The number of hydrogen-bond acceptors (Lipinski definition) is 8. The highest BCUT2D eigenvalue weighted by Crippen LogP contribution is 2.44. The van der Waals surface area contributed by atoms with Crippen molar-refractivity contribution in [2.45, 2.75) is 35.0 Å². The second-order valence-corrected chi connectivity index (χ2v) is 12.3. The summed E-state index contributed by atoms with van der Waals surface area (Å²) in [5, 5.41) is 11.0. The van der Waals surface area contributed by atoms with E-state index in [1.807, 2.05) is 31.1 Å². The largest absolute Gasteiger partial charge is 0.382 e. The fourth-order valence-electron chi connectivity index (χ4n) is 5.30. The number of carbonyl (C=O) groups excluding carboxylic acids is 1. The van der Waals surface area contributed by atoms with E-state index in [-0.39, 0.29) is 16.7 Å². The number of para-hydroxylation sites is 1. The molecule has 12 heteroatoms. The summed E-state index contributed by atoms with van der Waals surface area (Å²) in [5.41, 5.74) is 7.23. The molecule has 4 heterocycles. The van der Waals surface area contributed by atoms with E-state index in [1.165, 1.54) is 0 Å². The Morgan fingerprint density at radius 1 is 1.02 bits per heavy atom. The first kappa shape index (κ1) is 28.4. The Morgan fingerprint density at radius 3 is 2.39 bits per heavy atom. The number of amides is 1. The van der Waals surface area contributed by atoms with Gasteiger partial charge in [0.2, 0.25) is 15.7 Å². The summed E-state index contributed by atoms with van der Waals surface area (Å²) in [6.07, 6.45) is 6.16. The summed E-state index contributed by atoms with van der Waals surface area (Å²) < 4.78 is 35.5. The average Bonchev–Trinajstić information content (AvgIpc) is 3.56. The highest BCUT2D eigenvalue weighted by Gasteiger charge is 2.34. The second-order valence-electron chi connectivity index (χ2n) is 10.4. The zero-order valence-corrected chi connectivity index (χ0v) is 24.2. The van der Waals surface area contributed by atoms with Crippen LogP contribution in [0.1, 0.15) is 30.7 Å². The predicted molar refractivity (Wildman–Crippen MR) is 157 cm³/mol. The maximum Gasteiger partial charge on any atom is 0.233 e. The number of nitrogens with one attached hydrogen (secondary N) is 1. The summed E-state index contributed by atoms with van der Waals surface area (Å²) in [5.74, 6) is 0.691. The van der Waals surface area contributed by atoms with E-state index in [1.54, 1.807) is 71.3 Å². The van der Waals surface area contributed by atoms with Crippen molar-refractivity contribution in [1.29, 1.82) is 0 Å². The van der Waals surface area contributed by atoms with Gasteiger partial charge in [-0.3, -0.25) is 14.2 Å². The van der Waals surface area contributed by atoms with Crippen LogP contribution in [-0.4, -0.2) is 54.1 Å². The molecule has 41 heavy (non-hydrogen) atoms. The molecule has 2 aromatic heterocycles. The minimum absolute atomic E-state index is 0.161. The number of aryl methyl sites for hydroxylation is 2. The molecule has 2 aliphatic heterocycles. The Hall–Kier alpha value is -4.16. The lowest BCUT2D eigenvalue weighted by molar-refractivity contribution is -0.118. The van der Waals surface area contributed by atoms with Crippen LogP contribution < -0.4 is 16.0 Å². The van der Waals surface area contributed by atoms with Crippen LogP contribution in [0.5, 0.6) is 0 Å². The molecule has 4 aromatic rings. The standard InChI is InChI=1S/C25H28N4O4S.C4H7N3/c1-28-12-11-24(27-28)26-25(30)19(14-17-6-5-13-33-16-17)18-9-10-23-21(15-18)29(2)20-7-3-4-8-22(20)34(23,31)32;1-7-3-2-4(5)6-7/h3-4,7-12,15,17,19H,5-6,13-14,16H2,1-2H3,(H,26,27,30);2-3H,1H3,(H2,5,6). The van der Waals surface area contributed by atoms with Gasteiger partial charge in [0.1, 0.15) is 5.82 Å². The quantitative estimate of drug-likeness (QED) is 0.365. The monoisotopic (exact) mass is 577 g/mol. The summed E-state index contributed by atoms with van der Waals surface area (Å²) in [7, 11) is 1.84. The minimum Gasteiger partial charge on any atom is -0.382 e. The van der Waals surface area contributed by atoms with Crippen LogP contribution in [0, 0.1) is 5.92 Å². The fourth-order valence-corrected chi connectivity index (χ4v) is 6.99. The van der Waals surface area contributed by atoms with E-state index < -0.39 is 15.8 Å². The molecule has 2 aliphatic rings. The number of nitrogen functional groups attached to an aromatic ring is 1. The van der Waals surface area contributed by atoms with E-state index in [0.29, 0.717) is 40.9 Å². The fraction of sp³-hybridized carbons (Fsp3) is 0.345. The maximum atomic E-state index is 13.4. The molecule has 0 saturated carbocycles. The predicted octanol–water partition coefficient (Wildman–Crippen LogP) is 3.88. The first-order chi connectivity index (χ1) is 19.6. The van der Waals surface area contributed by atoms with Crippen LogP contribution in [0.2, 0.25) is 0 Å². The molecular weight excluding hydrogens is 542 g/mol. The molecular formula is C29H35N7O4S. The van der Waals surface area contributed by atoms with Crippen LogP contribution >= 0.6 is 0 Å². The molecule has 3 N–H and O–H groups in total. The SMILES string of the molecule is CN1c2ccccc2S(=O)(=O)c2ccc(C(CC3CCCOC3)C(=O)Nc3ccn(C)n3)cc21.Cn1ccc(N)n1. The van der Waals surface area contributed by atoms with Gasteiger partial charge in [-0.1, -0.05) is 18.2 Å². The van der Waals surface area contributed by atoms with Crippen molar-refractivity contribution in [3.63, 3.8) is 0 Å². The summed E-state index contributed by atoms with van der Waals surface area (Å²) in [6.45, 7) is 1.38. The van der Waals surface area contributed by atoms with Crippen molar-refractivity contribution in [2.24, 2.45) is 20.0 Å². The van der Waals surface area contributed by atoms with Crippen molar-refractivity contribution in [2.75, 3.05) is 36.2 Å². The van der Waals surface area contributed by atoms with E-state index >= 15 is 0 Å². The van der Waals surface area contributed by atoms with E-state index in [0.717, 1.165) is 25.0 Å². The minimum atomic E-state index is -3.64. The number of aromatic nitrogens is 4. The number of nitrogens with zero attached hydrogens (tertiary/aromatic N) is 5. The number of ether oxygens (including phenoxy) is 1. The number of sulfone groups is 1. The number of hydrogen-bond donors (Lipinski definition) is 2. The highest BCUT2D eigenvalue weighted by atomic mass is 32.2. The Kier molecular flexibility index (Phi) is 8.13. The molecule has 11 nitrogen and oxygen atoms in total. The number of fused-ring (bicyclic) bond motifs is 2. The lowest BCUT2D eigenvalue weighted by atomic mass is 9.85. The third kappa shape index (κ3) is 6.13. The van der Waals surface area contributed by atoms with Crippen LogP contribution in [0.15, 0.2) is 76.8 Å². The van der Waals surface area contributed by atoms with Gasteiger partial charge in [-0.15, -0.1) is 0 Å². The van der Waals surface area contributed by atoms with Gasteiger partial charge in [0, 0.05) is 52.8 Å². The first-order valence-electron chi connectivity index (χ1n) is 13.5. The van der Waals surface area contributed by atoms with Crippen LogP contribution in [-0.2, 0) is 33.5 Å². The third-order valence-corrected chi connectivity index (χ3v) is 9.24. The van der Waals surface area contributed by atoms with Gasteiger partial charge < -0.3 is 20.7 Å². The highest BCUT2D eigenvalue weighted by molar-refractivity contribution is 7.92. The van der Waals surface area contributed by atoms with Crippen molar-refractivity contribution < 1.29 is 17.9 Å². The molecule has 0 aliphatic carbocycles. The van der Waals surface area contributed by atoms with Gasteiger partial charge in [-0.2, -0.15) is 10.2 Å². The Balaban J connectivity index is 0.000000423. The van der Waals surface area contributed by atoms with Gasteiger partial charge in [0.15, 0.2) is 5.82 Å². The Labute approximate surface area is 239 Å². The lowest BCUT2D eigenvalue weighted by Crippen LogP contribution is -2.28. The molecule has 0 spiro atoms. The Morgan fingerprint density at radius 2 is 1.76 bits per heavy atom. The third-order valence-electron chi connectivity index (χ3n) is 7.39. The number of benzene rings is 2. The maximum absolute atomic E-state index is 13.4. The molecule has 2 atom stereocenters. The molecule has 2 aromatic carbocycles. The molecule has 216 valence electrons. The lowest BCUT2D eigenvalue weighted by Gasteiger charge is -2.31. The molecule has 0 radical (unpaired) electrons. The zero-order chi connectivity index (χ0) is 29.1. The smallest absolute Gasteiger partial charge is 0.233 e. The summed E-state index contributed by atoms with van der Waals surface area (Å²) >= 11 is 0. The number of rotatable bonds is 5. The van der Waals surface area contributed by atoms with E-state index in [9.17, 15) is 13.2 Å². The van der Waals surface area contributed by atoms with Crippen LogP contribution in [0.3, 0.4) is 0 Å². The van der Waals surface area contributed by atoms with Crippen LogP contribution in [0.4, 0.5) is 23.0 Å². The molecule has 1 fully saturated rings. The van der Waals surface area contributed by atoms with Crippen LogP contribution in [0.25, 0.3) is 0 Å². The zero-order valence-electron chi connectivity index (χ0n) is 23.4. The number of carbonyl (C=O) groups is 1. The van der Waals surface area contributed by atoms with E-state index in [4.69, 9.17) is 10.5 Å². The second kappa shape index (κ2) is 11.8. The van der Waals surface area contributed by atoms with Gasteiger partial charge in [-0.05, 0) is 61.1 Å². The van der Waals surface area contributed by atoms with Crippen molar-refractivity contribution in [3.8, 4) is 0 Å². The molecule has 6 rings (SSSR count). The van der Waals surface area contributed by atoms with Crippen molar-refractivity contribution in [1.82, 2.24) is 19.6 Å². The van der Waals surface area contributed by atoms with Crippen molar-refractivity contribution >= 4 is 38.8 Å². The van der Waals surface area contributed by atoms with Gasteiger partial charge in [0.05, 0.1) is 27.1 Å². The van der Waals surface area contributed by atoms with Gasteiger partial charge >= 0.3 is 0 Å². The molecule has 2 unspecified atom stereocenters. The Bertz CT molecular complexity index is 1620. The molecule has 1 saturated heterocycles. The van der Waals surface area contributed by atoms with Crippen molar-refractivity contribution in [3.05, 3.63) is 72.6 Å². The average molecular weight is 578 g/mol. The van der Waals surface area contributed by atoms with Gasteiger partial charge in [-0.25, -0.2) is 8.42 Å². The summed E-state index contributed by atoms with van der Waals surface area (Å²) in [4.78, 5) is 15.9. The normalized spacial score (nSPS) is 17.9. The molecule has 0 bridgehead atoms. The summed E-state index contributed by atoms with van der Waals surface area (Å²) in [6, 6.07) is 15.7. The number of nitrogens with two attached hydrogens (primary N) is 1. The molecule has 1 amide bonds. The first-order valence-corrected chi connectivity index (χ1v) is 15.0. The van der Waals surface area contributed by atoms with Gasteiger partial charge in [0.25, 0.3) is 0 Å². The number of anilines is 4. The van der Waals surface area contributed by atoms with E-state index in [2.05, 4.69) is 15.5 Å². The topological polar surface area (TPSA) is 137 Å².